The maximum atomic E-state index is 2.35. The van der Waals surface area contributed by atoms with Crippen LogP contribution in [0.5, 0.6) is 0 Å². The molecule has 0 nitrogen and oxygen atoms in total. The molecule has 48 valence electrons. The first-order chi connectivity index (χ1) is 3.79. The quantitative estimate of drug-likeness (QED) is 0.500. The normalized spacial score (nSPS) is 21.4. The van der Waals surface area contributed by atoms with E-state index in [9.17, 15) is 0 Å². The van der Waals surface area contributed by atoms with Crippen molar-refractivity contribution in [1.82, 2.24) is 0 Å². The SMILES string of the molecule is CC(C)C[SiH]1CCC1. The van der Waals surface area contributed by atoms with Crippen LogP contribution in [0.15, 0.2) is 0 Å². The molecule has 0 saturated carbocycles. The summed E-state index contributed by atoms with van der Waals surface area (Å²) in [5.41, 5.74) is 0. The monoisotopic (exact) mass is 128 g/mol. The summed E-state index contributed by atoms with van der Waals surface area (Å²) in [7, 11) is -0.0586. The van der Waals surface area contributed by atoms with E-state index in [1.807, 2.05) is 0 Å². The third-order valence-electron chi connectivity index (χ3n) is 2.03. The van der Waals surface area contributed by atoms with Gasteiger partial charge in [0.25, 0.3) is 0 Å². The Morgan fingerprint density at radius 3 is 2.12 bits per heavy atom. The van der Waals surface area contributed by atoms with Gasteiger partial charge in [-0.1, -0.05) is 38.4 Å². The maximum absolute atomic E-state index is 2.35. The van der Waals surface area contributed by atoms with E-state index in [2.05, 4.69) is 13.8 Å². The molecule has 0 aliphatic carbocycles. The van der Waals surface area contributed by atoms with Crippen LogP contribution in [0.25, 0.3) is 0 Å². The van der Waals surface area contributed by atoms with Gasteiger partial charge in [0.05, 0.1) is 0 Å². The van der Waals surface area contributed by atoms with Crippen molar-refractivity contribution >= 4 is 8.80 Å². The van der Waals surface area contributed by atoms with Crippen LogP contribution in [-0.2, 0) is 0 Å². The van der Waals surface area contributed by atoms with Gasteiger partial charge in [0.15, 0.2) is 0 Å². The van der Waals surface area contributed by atoms with Gasteiger partial charge in [-0.2, -0.15) is 0 Å². The lowest BCUT2D eigenvalue weighted by molar-refractivity contribution is 0.706. The van der Waals surface area contributed by atoms with Crippen molar-refractivity contribution in [3.05, 3.63) is 0 Å². The van der Waals surface area contributed by atoms with Crippen molar-refractivity contribution in [3.63, 3.8) is 0 Å². The van der Waals surface area contributed by atoms with Crippen molar-refractivity contribution in [2.45, 2.75) is 38.4 Å². The van der Waals surface area contributed by atoms with Crippen LogP contribution in [0.2, 0.25) is 18.1 Å². The van der Waals surface area contributed by atoms with E-state index >= 15 is 0 Å². The molecule has 0 radical (unpaired) electrons. The minimum atomic E-state index is -0.0586. The summed E-state index contributed by atoms with van der Waals surface area (Å²) in [4.78, 5) is 0. The Balaban J connectivity index is 2.01. The third kappa shape index (κ3) is 1.62. The largest absolute Gasteiger partial charge is 0.0631 e. The van der Waals surface area contributed by atoms with Crippen molar-refractivity contribution < 1.29 is 0 Å². The van der Waals surface area contributed by atoms with Crippen LogP contribution >= 0.6 is 0 Å². The van der Waals surface area contributed by atoms with Crippen molar-refractivity contribution in [2.24, 2.45) is 5.92 Å². The molecule has 1 fully saturated rings. The van der Waals surface area contributed by atoms with Gasteiger partial charge in [0.1, 0.15) is 0 Å². The minimum Gasteiger partial charge on any atom is -0.0631 e. The zero-order valence-corrected chi connectivity index (χ0v) is 7.14. The number of hydrogen-bond donors (Lipinski definition) is 0. The first-order valence-electron chi connectivity index (χ1n) is 3.79. The average Bonchev–Trinajstić information content (AvgIpc) is 1.55. The van der Waals surface area contributed by atoms with Crippen LogP contribution in [0.3, 0.4) is 0 Å². The molecule has 1 heterocycles. The highest BCUT2D eigenvalue weighted by atomic mass is 28.3. The van der Waals surface area contributed by atoms with Crippen molar-refractivity contribution in [3.8, 4) is 0 Å². The second-order valence-corrected chi connectivity index (χ2v) is 6.78. The summed E-state index contributed by atoms with van der Waals surface area (Å²) in [5.74, 6) is 0.993. The summed E-state index contributed by atoms with van der Waals surface area (Å²) in [6.45, 7) is 4.70. The highest BCUT2D eigenvalue weighted by Gasteiger charge is 2.19. The first kappa shape index (κ1) is 6.34. The molecule has 1 saturated heterocycles. The van der Waals surface area contributed by atoms with Crippen molar-refractivity contribution in [2.75, 3.05) is 0 Å². The molecule has 0 aromatic rings. The van der Waals surface area contributed by atoms with Gasteiger partial charge in [-0.05, 0) is 5.92 Å². The molecule has 0 aromatic carbocycles. The molecule has 0 spiro atoms. The van der Waals surface area contributed by atoms with E-state index in [0.717, 1.165) is 5.92 Å². The molecule has 1 heteroatoms. The average molecular weight is 128 g/mol. The summed E-state index contributed by atoms with van der Waals surface area (Å²) in [6, 6.07) is 4.91. The lowest BCUT2D eigenvalue weighted by Crippen LogP contribution is -2.22. The van der Waals surface area contributed by atoms with E-state index in [-0.39, 0.29) is 8.80 Å². The fourth-order valence-electron chi connectivity index (χ4n) is 1.40. The molecule has 0 aromatic heterocycles. The molecule has 0 amide bonds. The molecule has 0 unspecified atom stereocenters. The highest BCUT2D eigenvalue weighted by Crippen LogP contribution is 2.25. The van der Waals surface area contributed by atoms with Crippen LogP contribution in [-0.4, -0.2) is 8.80 Å². The third-order valence-corrected chi connectivity index (χ3v) is 6.09. The van der Waals surface area contributed by atoms with Gasteiger partial charge >= 0.3 is 0 Å². The molecular weight excluding hydrogens is 112 g/mol. The van der Waals surface area contributed by atoms with Crippen LogP contribution < -0.4 is 0 Å². The second kappa shape index (κ2) is 2.67. The van der Waals surface area contributed by atoms with E-state index in [1.54, 1.807) is 24.6 Å². The topological polar surface area (TPSA) is 0 Å². The summed E-state index contributed by atoms with van der Waals surface area (Å²) < 4.78 is 0. The van der Waals surface area contributed by atoms with E-state index in [1.165, 1.54) is 0 Å². The molecule has 0 N–H and O–H groups in total. The smallest absolute Gasteiger partial charge is 0.0370 e. The van der Waals surface area contributed by atoms with Gasteiger partial charge < -0.3 is 0 Å². The molecule has 8 heavy (non-hydrogen) atoms. The van der Waals surface area contributed by atoms with Gasteiger partial charge in [-0.25, -0.2) is 0 Å². The highest BCUT2D eigenvalue weighted by molar-refractivity contribution is 6.61. The minimum absolute atomic E-state index is 0.0586. The van der Waals surface area contributed by atoms with Crippen molar-refractivity contribution in [1.29, 1.82) is 0 Å². The van der Waals surface area contributed by atoms with E-state index in [0.29, 0.717) is 0 Å². The van der Waals surface area contributed by atoms with Gasteiger partial charge in [0, 0.05) is 8.80 Å². The van der Waals surface area contributed by atoms with E-state index < -0.39 is 0 Å². The van der Waals surface area contributed by atoms with E-state index in [4.69, 9.17) is 0 Å². The molecule has 0 atom stereocenters. The molecule has 1 aliphatic heterocycles. The predicted molar refractivity (Wildman–Crippen MR) is 41.0 cm³/mol. The Morgan fingerprint density at radius 2 is 2.00 bits per heavy atom. The Bertz CT molecular complexity index is 64.8. The predicted octanol–water partition coefficient (Wildman–Crippen LogP) is 2.27. The Morgan fingerprint density at radius 1 is 1.38 bits per heavy atom. The zero-order valence-electron chi connectivity index (χ0n) is 5.98. The van der Waals surface area contributed by atoms with Crippen LogP contribution in [0, 0.1) is 5.92 Å². The lowest BCUT2D eigenvalue weighted by Gasteiger charge is -2.24. The fourth-order valence-corrected chi connectivity index (χ4v) is 4.19. The molecular formula is C7H16Si. The Labute approximate surface area is 53.9 Å². The fraction of sp³-hybridized carbons (Fsp3) is 1.00. The second-order valence-electron chi connectivity index (χ2n) is 3.43. The Hall–Kier alpha value is 0.217. The standard InChI is InChI=1S/C7H16Si/c1-7(2)6-8-4-3-5-8/h7-8H,3-6H2,1-2H3. The summed E-state index contributed by atoms with van der Waals surface area (Å²) in [6.07, 6.45) is 1.56. The Kier molecular flexibility index (Phi) is 2.12. The summed E-state index contributed by atoms with van der Waals surface area (Å²) in [5, 5.41) is 0. The molecule has 0 bridgehead atoms. The molecule has 1 rings (SSSR count). The maximum Gasteiger partial charge on any atom is 0.0370 e. The van der Waals surface area contributed by atoms with Gasteiger partial charge in [-0.15, -0.1) is 0 Å². The van der Waals surface area contributed by atoms with Gasteiger partial charge in [0.2, 0.25) is 0 Å². The van der Waals surface area contributed by atoms with Gasteiger partial charge in [-0.3, -0.25) is 0 Å². The zero-order chi connectivity index (χ0) is 5.98. The van der Waals surface area contributed by atoms with Crippen LogP contribution in [0.4, 0.5) is 0 Å². The number of rotatable bonds is 2. The first-order valence-corrected chi connectivity index (χ1v) is 6.24. The lowest BCUT2D eigenvalue weighted by atomic mass is 10.3. The molecule has 1 aliphatic rings. The number of hydrogen-bond acceptors (Lipinski definition) is 0. The summed E-state index contributed by atoms with van der Waals surface area (Å²) >= 11 is 0. The van der Waals surface area contributed by atoms with Crippen LogP contribution in [0.1, 0.15) is 20.3 Å².